The molecule has 0 aromatic heterocycles. The fraction of sp³-hybridized carbons (Fsp3) is 0.357. The number of carbonyl (C=O) groups is 1. The summed E-state index contributed by atoms with van der Waals surface area (Å²) in [6.07, 6.45) is 0.485. The molecule has 1 heterocycles. The number of guanidine groups is 2. The first kappa shape index (κ1) is 14.0. The van der Waals surface area contributed by atoms with Crippen LogP contribution in [-0.2, 0) is 0 Å². The van der Waals surface area contributed by atoms with E-state index in [4.69, 9.17) is 11.5 Å². The van der Waals surface area contributed by atoms with E-state index in [0.29, 0.717) is 12.0 Å². The molecule has 1 aliphatic heterocycles. The highest BCUT2D eigenvalue weighted by atomic mass is 16.1. The van der Waals surface area contributed by atoms with Crippen molar-refractivity contribution < 1.29 is 4.79 Å². The van der Waals surface area contributed by atoms with Crippen molar-refractivity contribution in [2.75, 3.05) is 4.90 Å². The summed E-state index contributed by atoms with van der Waals surface area (Å²) in [4.78, 5) is 21.7. The summed E-state index contributed by atoms with van der Waals surface area (Å²) in [5, 5.41) is 0. The van der Waals surface area contributed by atoms with Crippen LogP contribution in [0.1, 0.15) is 37.6 Å². The molecule has 0 bridgehead atoms. The number of hydrogen-bond acceptors (Lipinski definition) is 6. The van der Waals surface area contributed by atoms with E-state index in [2.05, 4.69) is 9.98 Å². The summed E-state index contributed by atoms with van der Waals surface area (Å²) < 4.78 is 0. The van der Waals surface area contributed by atoms with Gasteiger partial charge in [-0.25, -0.2) is 4.99 Å². The first-order valence-electron chi connectivity index (χ1n) is 6.48. The minimum atomic E-state index is -0.619. The highest BCUT2D eigenvalue weighted by Crippen LogP contribution is 2.27. The van der Waals surface area contributed by atoms with Crippen LogP contribution in [0, 0.1) is 0 Å². The van der Waals surface area contributed by atoms with Crippen molar-refractivity contribution in [1.82, 2.24) is 0 Å². The lowest BCUT2D eigenvalue weighted by Crippen LogP contribution is -2.54. The molecule has 1 aromatic rings. The molecule has 106 valence electrons. The smallest absolute Gasteiger partial charge is 0.220 e. The van der Waals surface area contributed by atoms with Crippen molar-refractivity contribution in [3.63, 3.8) is 0 Å². The van der Waals surface area contributed by atoms with Crippen LogP contribution >= 0.6 is 0 Å². The van der Waals surface area contributed by atoms with Crippen LogP contribution in [0.2, 0.25) is 0 Å². The second-order valence-electron chi connectivity index (χ2n) is 5.09. The Kier molecular flexibility index (Phi) is 3.48. The first-order valence-corrected chi connectivity index (χ1v) is 6.48. The van der Waals surface area contributed by atoms with Crippen LogP contribution in [-0.4, -0.2) is 23.4 Å². The molecular formula is C14H19N5O. The maximum absolute atomic E-state index is 11.6. The SMILES string of the molecule is CCC(=O)c1ccc(N2C(N)=NC(N)=NC2(C)C)cc1. The lowest BCUT2D eigenvalue weighted by molar-refractivity contribution is 0.0988. The molecule has 4 N–H and O–H groups in total. The molecule has 0 amide bonds. The standard InChI is InChI=1S/C14H19N5O/c1-4-11(20)9-5-7-10(8-6-9)19-13(16)17-12(15)18-14(19,2)3/h5-8H,4H2,1-3H3,(H4,15,16,17,18). The van der Waals surface area contributed by atoms with Gasteiger partial charge in [-0.15, -0.1) is 0 Å². The molecule has 0 spiro atoms. The number of benzene rings is 1. The zero-order valence-electron chi connectivity index (χ0n) is 11.9. The second-order valence-corrected chi connectivity index (χ2v) is 5.09. The van der Waals surface area contributed by atoms with Gasteiger partial charge in [0, 0.05) is 17.7 Å². The van der Waals surface area contributed by atoms with E-state index in [-0.39, 0.29) is 17.7 Å². The predicted octanol–water partition coefficient (Wildman–Crippen LogP) is 1.46. The number of aliphatic imine (C=N–C) groups is 2. The molecule has 20 heavy (non-hydrogen) atoms. The van der Waals surface area contributed by atoms with E-state index >= 15 is 0 Å². The molecule has 0 atom stereocenters. The van der Waals surface area contributed by atoms with Gasteiger partial charge in [0.1, 0.15) is 5.66 Å². The molecule has 0 saturated carbocycles. The molecule has 0 aliphatic carbocycles. The van der Waals surface area contributed by atoms with Crippen molar-refractivity contribution in [1.29, 1.82) is 0 Å². The van der Waals surface area contributed by atoms with Gasteiger partial charge < -0.3 is 11.5 Å². The molecule has 0 radical (unpaired) electrons. The Morgan fingerprint density at radius 2 is 1.85 bits per heavy atom. The van der Waals surface area contributed by atoms with E-state index in [1.807, 2.05) is 32.9 Å². The summed E-state index contributed by atoms with van der Waals surface area (Å²) >= 11 is 0. The number of Topliss-reactive ketones (excluding diaryl/α,β-unsaturated/α-hetero) is 1. The van der Waals surface area contributed by atoms with Gasteiger partial charge in [-0.3, -0.25) is 9.69 Å². The zero-order valence-corrected chi connectivity index (χ0v) is 11.9. The van der Waals surface area contributed by atoms with Gasteiger partial charge >= 0.3 is 0 Å². The molecular weight excluding hydrogens is 254 g/mol. The van der Waals surface area contributed by atoms with Crippen molar-refractivity contribution in [2.24, 2.45) is 21.5 Å². The van der Waals surface area contributed by atoms with Crippen LogP contribution in [0.25, 0.3) is 0 Å². The van der Waals surface area contributed by atoms with Gasteiger partial charge in [-0.2, -0.15) is 4.99 Å². The Morgan fingerprint density at radius 3 is 2.35 bits per heavy atom. The Hall–Kier alpha value is -2.37. The highest BCUT2D eigenvalue weighted by Gasteiger charge is 2.32. The second kappa shape index (κ2) is 4.96. The van der Waals surface area contributed by atoms with Crippen LogP contribution < -0.4 is 16.4 Å². The zero-order chi connectivity index (χ0) is 14.9. The van der Waals surface area contributed by atoms with Crippen LogP contribution in [0.4, 0.5) is 5.69 Å². The Bertz CT molecular complexity index is 586. The summed E-state index contributed by atoms with van der Waals surface area (Å²) in [6.45, 7) is 5.63. The third-order valence-electron chi connectivity index (χ3n) is 3.16. The van der Waals surface area contributed by atoms with Gasteiger partial charge in [0.15, 0.2) is 5.78 Å². The summed E-state index contributed by atoms with van der Waals surface area (Å²) in [5.74, 6) is 0.567. The minimum absolute atomic E-state index is 0.110. The Morgan fingerprint density at radius 1 is 1.25 bits per heavy atom. The van der Waals surface area contributed by atoms with Crippen molar-refractivity contribution >= 4 is 23.4 Å². The van der Waals surface area contributed by atoms with Crippen molar-refractivity contribution in [3.05, 3.63) is 29.8 Å². The van der Waals surface area contributed by atoms with E-state index in [0.717, 1.165) is 5.69 Å². The monoisotopic (exact) mass is 273 g/mol. The maximum Gasteiger partial charge on any atom is 0.220 e. The topological polar surface area (TPSA) is 97.1 Å². The average molecular weight is 273 g/mol. The number of nitrogens with zero attached hydrogens (tertiary/aromatic N) is 3. The fourth-order valence-electron chi connectivity index (χ4n) is 2.25. The highest BCUT2D eigenvalue weighted by molar-refractivity contribution is 6.05. The van der Waals surface area contributed by atoms with Gasteiger partial charge in [-0.1, -0.05) is 6.92 Å². The molecule has 0 saturated heterocycles. The molecule has 6 nitrogen and oxygen atoms in total. The number of ketones is 1. The fourth-order valence-corrected chi connectivity index (χ4v) is 2.25. The Balaban J connectivity index is 2.37. The lowest BCUT2D eigenvalue weighted by atomic mass is 10.1. The molecule has 6 heteroatoms. The van der Waals surface area contributed by atoms with Gasteiger partial charge in [0.05, 0.1) is 0 Å². The normalized spacial score (nSPS) is 17.4. The largest absolute Gasteiger partial charge is 0.369 e. The van der Waals surface area contributed by atoms with Crippen LogP contribution in [0.3, 0.4) is 0 Å². The number of rotatable bonds is 3. The van der Waals surface area contributed by atoms with Gasteiger partial charge in [0.2, 0.25) is 11.9 Å². The minimum Gasteiger partial charge on any atom is -0.369 e. The van der Waals surface area contributed by atoms with Crippen LogP contribution in [0.5, 0.6) is 0 Å². The van der Waals surface area contributed by atoms with E-state index in [1.165, 1.54) is 0 Å². The van der Waals surface area contributed by atoms with E-state index in [9.17, 15) is 4.79 Å². The maximum atomic E-state index is 11.6. The molecule has 1 aliphatic rings. The number of hydrogen-bond donors (Lipinski definition) is 2. The molecule has 0 fully saturated rings. The first-order chi connectivity index (χ1) is 9.35. The average Bonchev–Trinajstić information content (AvgIpc) is 2.36. The molecule has 1 aromatic carbocycles. The number of anilines is 1. The summed E-state index contributed by atoms with van der Waals surface area (Å²) in [7, 11) is 0. The van der Waals surface area contributed by atoms with E-state index < -0.39 is 5.66 Å². The van der Waals surface area contributed by atoms with Crippen molar-refractivity contribution in [2.45, 2.75) is 32.9 Å². The molecule has 0 unspecified atom stereocenters. The number of carbonyl (C=O) groups excluding carboxylic acids is 1. The van der Waals surface area contributed by atoms with Gasteiger partial charge in [-0.05, 0) is 38.1 Å². The van der Waals surface area contributed by atoms with E-state index in [1.54, 1.807) is 17.0 Å². The third-order valence-corrected chi connectivity index (χ3v) is 3.16. The molecule has 2 rings (SSSR count). The lowest BCUT2D eigenvalue weighted by Gasteiger charge is -2.38. The summed E-state index contributed by atoms with van der Waals surface area (Å²) in [6, 6.07) is 7.24. The van der Waals surface area contributed by atoms with Crippen LogP contribution in [0.15, 0.2) is 34.3 Å². The Labute approximate surface area is 118 Å². The number of nitrogens with two attached hydrogens (primary N) is 2. The summed E-state index contributed by atoms with van der Waals surface area (Å²) in [5.41, 5.74) is 12.5. The predicted molar refractivity (Wildman–Crippen MR) is 80.9 cm³/mol. The van der Waals surface area contributed by atoms with Gasteiger partial charge in [0.25, 0.3) is 0 Å². The third kappa shape index (κ3) is 2.49. The van der Waals surface area contributed by atoms with Crippen molar-refractivity contribution in [3.8, 4) is 0 Å². The quantitative estimate of drug-likeness (QED) is 0.815.